The van der Waals surface area contributed by atoms with Gasteiger partial charge in [-0.1, -0.05) is 0 Å². The largest absolute Gasteiger partial charge is 0.296 e. The second-order valence-electron chi connectivity index (χ2n) is 2.97. The molecular formula is C10H10N4O. The van der Waals surface area contributed by atoms with Gasteiger partial charge in [0.15, 0.2) is 12.1 Å². The van der Waals surface area contributed by atoms with Crippen LogP contribution in [-0.4, -0.2) is 26.0 Å². The van der Waals surface area contributed by atoms with Gasteiger partial charge in [0.25, 0.3) is 0 Å². The summed E-state index contributed by atoms with van der Waals surface area (Å²) >= 11 is 0. The Kier molecular flexibility index (Phi) is 2.53. The molecule has 0 aromatic carbocycles. The second kappa shape index (κ2) is 4.00. The Labute approximate surface area is 86.8 Å². The van der Waals surface area contributed by atoms with E-state index in [4.69, 9.17) is 0 Å². The van der Waals surface area contributed by atoms with E-state index in [9.17, 15) is 4.79 Å². The summed E-state index contributed by atoms with van der Waals surface area (Å²) in [4.78, 5) is 19.0. The predicted octanol–water partition coefficient (Wildman–Crippen LogP) is 1.17. The topological polar surface area (TPSA) is 60.7 Å². The van der Waals surface area contributed by atoms with Crippen LogP contribution in [0.15, 0.2) is 24.7 Å². The summed E-state index contributed by atoms with van der Waals surface area (Å²) in [7, 11) is 0. The van der Waals surface area contributed by atoms with Gasteiger partial charge in [0.1, 0.15) is 5.69 Å². The van der Waals surface area contributed by atoms with Crippen molar-refractivity contribution in [1.29, 1.82) is 0 Å². The summed E-state index contributed by atoms with van der Waals surface area (Å²) in [6.07, 6.45) is 5.78. The molecular weight excluding hydrogens is 192 g/mol. The summed E-state index contributed by atoms with van der Waals surface area (Å²) < 4.78 is 1.69. The average molecular weight is 202 g/mol. The van der Waals surface area contributed by atoms with Crippen LogP contribution in [-0.2, 0) is 6.54 Å². The number of hydrogen-bond donors (Lipinski definition) is 0. The molecule has 0 saturated heterocycles. The van der Waals surface area contributed by atoms with E-state index < -0.39 is 0 Å². The molecule has 0 fully saturated rings. The fourth-order valence-corrected chi connectivity index (χ4v) is 1.30. The maximum atomic E-state index is 10.8. The quantitative estimate of drug-likeness (QED) is 0.701. The standard InChI is InChI=1S/C10H10N4O/c1-2-14-6-8(9(7-15)13-14)10-11-4-3-5-12-10/h3-7H,2H2,1H3. The number of carbonyl (C=O) groups is 1. The molecule has 2 rings (SSSR count). The van der Waals surface area contributed by atoms with Gasteiger partial charge >= 0.3 is 0 Å². The Hall–Kier alpha value is -2.04. The molecule has 0 aliphatic rings. The van der Waals surface area contributed by atoms with E-state index in [1.54, 1.807) is 29.3 Å². The molecule has 5 nitrogen and oxygen atoms in total. The van der Waals surface area contributed by atoms with Crippen LogP contribution < -0.4 is 0 Å². The van der Waals surface area contributed by atoms with Crippen LogP contribution in [0.1, 0.15) is 17.4 Å². The molecule has 5 heteroatoms. The zero-order valence-corrected chi connectivity index (χ0v) is 8.29. The van der Waals surface area contributed by atoms with E-state index in [0.29, 0.717) is 23.6 Å². The van der Waals surface area contributed by atoms with Crippen molar-refractivity contribution in [3.63, 3.8) is 0 Å². The van der Waals surface area contributed by atoms with Crippen molar-refractivity contribution in [3.8, 4) is 11.4 Å². The first kappa shape index (κ1) is 9.51. The Bertz CT molecular complexity index is 464. The highest BCUT2D eigenvalue weighted by Gasteiger charge is 2.11. The Morgan fingerprint density at radius 3 is 2.73 bits per heavy atom. The molecule has 0 aliphatic heterocycles. The summed E-state index contributed by atoms with van der Waals surface area (Å²) in [5.74, 6) is 0.527. The fourth-order valence-electron chi connectivity index (χ4n) is 1.30. The molecule has 15 heavy (non-hydrogen) atoms. The van der Waals surface area contributed by atoms with Crippen molar-refractivity contribution in [1.82, 2.24) is 19.7 Å². The molecule has 0 bridgehead atoms. The molecule has 0 amide bonds. The van der Waals surface area contributed by atoms with Gasteiger partial charge in [-0.15, -0.1) is 0 Å². The molecule has 0 N–H and O–H groups in total. The Morgan fingerprint density at radius 1 is 1.40 bits per heavy atom. The zero-order valence-electron chi connectivity index (χ0n) is 8.29. The van der Waals surface area contributed by atoms with Gasteiger partial charge < -0.3 is 0 Å². The SMILES string of the molecule is CCn1cc(-c2ncccn2)c(C=O)n1. The highest BCUT2D eigenvalue weighted by atomic mass is 16.1. The van der Waals surface area contributed by atoms with E-state index in [-0.39, 0.29) is 0 Å². The molecule has 0 unspecified atom stereocenters. The summed E-state index contributed by atoms with van der Waals surface area (Å²) in [6, 6.07) is 1.73. The number of aromatic nitrogens is 4. The zero-order chi connectivity index (χ0) is 10.7. The second-order valence-corrected chi connectivity index (χ2v) is 2.97. The van der Waals surface area contributed by atoms with Crippen LogP contribution in [0, 0.1) is 0 Å². The molecule has 2 aromatic rings. The lowest BCUT2D eigenvalue weighted by Crippen LogP contribution is -1.94. The minimum atomic E-state index is 0.378. The van der Waals surface area contributed by atoms with Crippen molar-refractivity contribution in [2.75, 3.05) is 0 Å². The number of carbonyl (C=O) groups excluding carboxylic acids is 1. The monoisotopic (exact) mass is 202 g/mol. The van der Waals surface area contributed by atoms with Crippen molar-refractivity contribution in [2.24, 2.45) is 0 Å². The molecule has 0 spiro atoms. The van der Waals surface area contributed by atoms with E-state index >= 15 is 0 Å². The van der Waals surface area contributed by atoms with Gasteiger partial charge in [-0.3, -0.25) is 9.48 Å². The van der Waals surface area contributed by atoms with E-state index in [2.05, 4.69) is 15.1 Å². The molecule has 2 heterocycles. The first-order valence-corrected chi connectivity index (χ1v) is 4.65. The van der Waals surface area contributed by atoms with Gasteiger partial charge in [0.2, 0.25) is 0 Å². The van der Waals surface area contributed by atoms with Gasteiger partial charge in [-0.2, -0.15) is 5.10 Å². The lowest BCUT2D eigenvalue weighted by atomic mass is 10.2. The van der Waals surface area contributed by atoms with Crippen molar-refractivity contribution in [2.45, 2.75) is 13.5 Å². The first-order chi connectivity index (χ1) is 7.35. The maximum absolute atomic E-state index is 10.8. The average Bonchev–Trinajstić information content (AvgIpc) is 2.73. The number of aldehydes is 1. The minimum Gasteiger partial charge on any atom is -0.296 e. The molecule has 2 aromatic heterocycles. The molecule has 0 saturated carbocycles. The lowest BCUT2D eigenvalue weighted by Gasteiger charge is -1.93. The van der Waals surface area contributed by atoms with E-state index in [0.717, 1.165) is 6.29 Å². The molecule has 0 atom stereocenters. The van der Waals surface area contributed by atoms with Crippen LogP contribution >= 0.6 is 0 Å². The van der Waals surface area contributed by atoms with Crippen LogP contribution in [0.25, 0.3) is 11.4 Å². The highest BCUT2D eigenvalue weighted by molar-refractivity contribution is 5.82. The Morgan fingerprint density at radius 2 is 2.13 bits per heavy atom. The van der Waals surface area contributed by atoms with Crippen molar-refractivity contribution < 1.29 is 4.79 Å². The molecule has 0 aliphatic carbocycles. The van der Waals surface area contributed by atoms with Gasteiger partial charge in [0, 0.05) is 25.1 Å². The number of aryl methyl sites for hydroxylation is 1. The smallest absolute Gasteiger partial charge is 0.171 e. The third-order valence-electron chi connectivity index (χ3n) is 2.03. The van der Waals surface area contributed by atoms with Crippen LogP contribution in [0.2, 0.25) is 0 Å². The maximum Gasteiger partial charge on any atom is 0.171 e. The summed E-state index contributed by atoms with van der Waals surface area (Å²) in [6.45, 7) is 2.67. The predicted molar refractivity (Wildman–Crippen MR) is 54.3 cm³/mol. The number of hydrogen-bond acceptors (Lipinski definition) is 4. The number of nitrogens with zero attached hydrogens (tertiary/aromatic N) is 4. The van der Waals surface area contributed by atoms with Crippen LogP contribution in [0.3, 0.4) is 0 Å². The van der Waals surface area contributed by atoms with Crippen molar-refractivity contribution >= 4 is 6.29 Å². The summed E-state index contributed by atoms with van der Waals surface area (Å²) in [5.41, 5.74) is 1.05. The first-order valence-electron chi connectivity index (χ1n) is 4.65. The molecule has 0 radical (unpaired) electrons. The fraction of sp³-hybridized carbons (Fsp3) is 0.200. The summed E-state index contributed by atoms with van der Waals surface area (Å²) in [5, 5.41) is 4.09. The number of rotatable bonds is 3. The Balaban J connectivity index is 2.52. The van der Waals surface area contributed by atoms with E-state index in [1.807, 2.05) is 6.92 Å². The van der Waals surface area contributed by atoms with Gasteiger partial charge in [-0.25, -0.2) is 9.97 Å². The van der Waals surface area contributed by atoms with Crippen LogP contribution in [0.4, 0.5) is 0 Å². The van der Waals surface area contributed by atoms with Gasteiger partial charge in [-0.05, 0) is 13.0 Å². The van der Waals surface area contributed by atoms with Crippen LogP contribution in [0.5, 0.6) is 0 Å². The van der Waals surface area contributed by atoms with Gasteiger partial charge in [0.05, 0.1) is 5.56 Å². The third-order valence-corrected chi connectivity index (χ3v) is 2.03. The van der Waals surface area contributed by atoms with E-state index in [1.165, 1.54) is 0 Å². The third kappa shape index (κ3) is 1.76. The minimum absolute atomic E-state index is 0.378. The lowest BCUT2D eigenvalue weighted by molar-refractivity contribution is 0.111. The molecule has 76 valence electrons. The van der Waals surface area contributed by atoms with Crippen molar-refractivity contribution in [3.05, 3.63) is 30.4 Å². The normalized spacial score (nSPS) is 10.2. The highest BCUT2D eigenvalue weighted by Crippen LogP contribution is 2.16.